The zero-order valence-corrected chi connectivity index (χ0v) is 25.7. The van der Waals surface area contributed by atoms with Gasteiger partial charge in [-0.25, -0.2) is 9.18 Å². The molecule has 0 aliphatic rings. The first-order valence-electron chi connectivity index (χ1n) is 14.3. The summed E-state index contributed by atoms with van der Waals surface area (Å²) in [6, 6.07) is 17.2. The third kappa shape index (κ3) is 9.30. The molecule has 5 aromatic rings. The fourth-order valence-corrected chi connectivity index (χ4v) is 5.32. The zero-order valence-electron chi connectivity index (χ0n) is 24.9. The number of urea groups is 1. The largest absolute Gasteiger partial charge is 0.453 e. The van der Waals surface area contributed by atoms with E-state index in [0.29, 0.717) is 44.5 Å². The molecule has 13 heteroatoms. The lowest BCUT2D eigenvalue weighted by Crippen LogP contribution is -2.20. The summed E-state index contributed by atoms with van der Waals surface area (Å²) in [6.07, 6.45) is 1.63. The van der Waals surface area contributed by atoms with Gasteiger partial charge in [-0.15, -0.1) is 11.3 Å². The highest BCUT2D eigenvalue weighted by Gasteiger charge is 2.14. The summed E-state index contributed by atoms with van der Waals surface area (Å²) in [4.78, 5) is 17.7. The molecule has 0 radical (unpaired) electrons. The number of amides is 2. The molecule has 3 N–H and O–H groups in total. The van der Waals surface area contributed by atoms with Crippen LogP contribution in [0.5, 0.6) is 11.5 Å². The Hall–Kier alpha value is -4.40. The van der Waals surface area contributed by atoms with Crippen molar-refractivity contribution in [1.82, 2.24) is 15.5 Å². The van der Waals surface area contributed by atoms with Gasteiger partial charge in [0.25, 0.3) is 0 Å². The van der Waals surface area contributed by atoms with E-state index >= 15 is 0 Å². The fraction of sp³-hybridized carbons (Fsp3) is 0.281. The lowest BCUT2D eigenvalue weighted by molar-refractivity contribution is 0.0255. The number of carbonyl (C=O) groups excluding carboxylic acids is 1. The van der Waals surface area contributed by atoms with E-state index in [0.717, 1.165) is 39.3 Å². The molecule has 236 valence electrons. The van der Waals surface area contributed by atoms with Gasteiger partial charge < -0.3 is 34.1 Å². The Kier molecular flexibility index (Phi) is 11.4. The molecule has 5 rings (SSSR count). The number of methoxy groups -OCH3 is 1. The van der Waals surface area contributed by atoms with E-state index in [4.69, 9.17) is 23.5 Å². The molecule has 3 heterocycles. The van der Waals surface area contributed by atoms with Crippen molar-refractivity contribution >= 4 is 39.1 Å². The summed E-state index contributed by atoms with van der Waals surface area (Å²) in [5, 5.41) is 12.2. The molecule has 0 fully saturated rings. The number of thiophene rings is 1. The first-order valence-corrected chi connectivity index (χ1v) is 15.1. The summed E-state index contributed by atoms with van der Waals surface area (Å²) in [5.41, 5.74) is 3.21. The number of aryl methyl sites for hydroxylation is 1. The lowest BCUT2D eigenvalue weighted by atomic mass is 10.1. The number of rotatable bonds is 16. The number of benzene rings is 2. The van der Waals surface area contributed by atoms with Crippen LogP contribution >= 0.6 is 11.3 Å². The number of pyridine rings is 1. The smallest absolute Gasteiger partial charge is 0.324 e. The first kappa shape index (κ1) is 32.0. The Morgan fingerprint density at radius 1 is 0.933 bits per heavy atom. The maximum absolute atomic E-state index is 15.0. The molecule has 0 bridgehead atoms. The van der Waals surface area contributed by atoms with Crippen molar-refractivity contribution in [2.75, 3.05) is 57.3 Å². The van der Waals surface area contributed by atoms with Gasteiger partial charge in [-0.1, -0.05) is 29.4 Å². The molecule has 0 aliphatic heterocycles. The predicted octanol–water partition coefficient (Wildman–Crippen LogP) is 6.60. The van der Waals surface area contributed by atoms with Crippen LogP contribution in [0.15, 0.2) is 71.4 Å². The minimum absolute atomic E-state index is 0.0215. The molecular formula is C32H34FN5O6S. The lowest BCUT2D eigenvalue weighted by Gasteiger charge is -2.10. The monoisotopic (exact) mass is 635 g/mol. The molecule has 0 saturated heterocycles. The number of halogens is 1. The van der Waals surface area contributed by atoms with Crippen LogP contribution in [0.3, 0.4) is 0 Å². The topological polar surface area (TPSA) is 129 Å². The third-order valence-electron chi connectivity index (χ3n) is 6.45. The maximum Gasteiger partial charge on any atom is 0.324 e. The molecule has 2 amide bonds. The minimum atomic E-state index is -0.630. The molecule has 0 unspecified atom stereocenters. The van der Waals surface area contributed by atoms with Crippen molar-refractivity contribution in [1.29, 1.82) is 0 Å². The molecule has 11 nitrogen and oxygen atoms in total. The third-order valence-corrected chi connectivity index (χ3v) is 7.64. The van der Waals surface area contributed by atoms with Gasteiger partial charge >= 0.3 is 6.03 Å². The van der Waals surface area contributed by atoms with E-state index in [1.165, 1.54) is 23.5 Å². The zero-order chi connectivity index (χ0) is 31.4. The van der Waals surface area contributed by atoms with E-state index in [1.54, 1.807) is 38.4 Å². The molecule has 0 spiro atoms. The average molecular weight is 636 g/mol. The number of anilines is 2. The highest BCUT2D eigenvalue weighted by atomic mass is 32.1. The van der Waals surface area contributed by atoms with Crippen molar-refractivity contribution in [3.8, 4) is 21.9 Å². The normalized spacial score (nSPS) is 11.2. The van der Waals surface area contributed by atoms with Crippen molar-refractivity contribution < 1.29 is 32.7 Å². The number of nitrogens with one attached hydrogen (secondary N) is 3. The highest BCUT2D eigenvalue weighted by molar-refractivity contribution is 7.22. The van der Waals surface area contributed by atoms with Crippen LogP contribution in [0.1, 0.15) is 11.3 Å². The van der Waals surface area contributed by atoms with Crippen LogP contribution in [0, 0.1) is 12.7 Å². The number of ether oxygens (including phenoxy) is 4. The van der Waals surface area contributed by atoms with Gasteiger partial charge in [-0.05, 0) is 36.2 Å². The fourth-order valence-electron chi connectivity index (χ4n) is 4.25. The summed E-state index contributed by atoms with van der Waals surface area (Å²) in [6.45, 7) is 6.06. The van der Waals surface area contributed by atoms with Gasteiger partial charge in [0, 0.05) is 55.2 Å². The Balaban J connectivity index is 1.14. The van der Waals surface area contributed by atoms with E-state index in [-0.39, 0.29) is 17.3 Å². The second-order valence-corrected chi connectivity index (χ2v) is 10.9. The van der Waals surface area contributed by atoms with Crippen LogP contribution in [0.25, 0.3) is 20.7 Å². The van der Waals surface area contributed by atoms with Gasteiger partial charge in [0.2, 0.25) is 0 Å². The van der Waals surface area contributed by atoms with Crippen LogP contribution in [0.4, 0.5) is 20.7 Å². The molecule has 2 aromatic carbocycles. The Morgan fingerprint density at radius 3 is 2.49 bits per heavy atom. The van der Waals surface area contributed by atoms with Crippen molar-refractivity contribution in [3.63, 3.8) is 0 Å². The number of carbonyl (C=O) groups is 1. The average Bonchev–Trinajstić information content (AvgIpc) is 3.66. The molecule has 0 saturated carbocycles. The Morgan fingerprint density at radius 2 is 1.73 bits per heavy atom. The van der Waals surface area contributed by atoms with Crippen molar-refractivity contribution in [2.24, 2.45) is 0 Å². The highest BCUT2D eigenvalue weighted by Crippen LogP contribution is 2.39. The second-order valence-electron chi connectivity index (χ2n) is 9.87. The van der Waals surface area contributed by atoms with Crippen LogP contribution in [-0.2, 0) is 20.8 Å². The number of aromatic nitrogens is 2. The van der Waals surface area contributed by atoms with E-state index < -0.39 is 11.8 Å². The minimum Gasteiger partial charge on any atom is -0.453 e. The SMILES string of the molecule is COCCOCCOCCNCc1ccc(-c2cc3nccc(Oc4ccc(NC(=O)Nc5cc(C)on5)cc4F)c3s2)cc1. The number of hydrogen-bond acceptors (Lipinski definition) is 10. The molecule has 45 heavy (non-hydrogen) atoms. The van der Waals surface area contributed by atoms with Crippen LogP contribution in [-0.4, -0.2) is 62.9 Å². The standard InChI is InChI=1S/C32H34FN5O6S/c1-21-17-30(38-44-21)37-32(39)36-24-7-8-27(25(33)18-24)43-28-9-10-35-26-19-29(45-31(26)28)23-5-3-22(4-6-23)20-34-11-12-41-15-16-42-14-13-40-2/h3-10,17-19,34H,11-16,20H2,1-2H3,(H2,36,37,38,39). The van der Waals surface area contributed by atoms with Crippen molar-refractivity contribution in [3.05, 3.63) is 84.0 Å². The summed E-state index contributed by atoms with van der Waals surface area (Å²) >= 11 is 1.52. The molecule has 0 atom stereocenters. The number of hydrogen-bond donors (Lipinski definition) is 3. The Bertz CT molecular complexity index is 1690. The van der Waals surface area contributed by atoms with Gasteiger partial charge in [0.05, 0.1) is 43.3 Å². The predicted molar refractivity (Wildman–Crippen MR) is 171 cm³/mol. The summed E-state index contributed by atoms with van der Waals surface area (Å²) in [7, 11) is 1.65. The summed E-state index contributed by atoms with van der Waals surface area (Å²) < 4.78 is 42.5. The first-order chi connectivity index (χ1) is 22.0. The van der Waals surface area contributed by atoms with Crippen molar-refractivity contribution in [2.45, 2.75) is 13.5 Å². The van der Waals surface area contributed by atoms with Gasteiger partial charge in [0.15, 0.2) is 17.4 Å². The maximum atomic E-state index is 15.0. The van der Waals surface area contributed by atoms with Gasteiger partial charge in [0.1, 0.15) is 11.5 Å². The van der Waals surface area contributed by atoms with E-state index in [2.05, 4.69) is 50.4 Å². The van der Waals surface area contributed by atoms with Gasteiger partial charge in [-0.2, -0.15) is 0 Å². The van der Waals surface area contributed by atoms with Crippen LogP contribution in [0.2, 0.25) is 0 Å². The quantitative estimate of drug-likeness (QED) is 0.103. The Labute approximate surface area is 263 Å². The molecular weight excluding hydrogens is 601 g/mol. The molecule has 3 aromatic heterocycles. The van der Waals surface area contributed by atoms with E-state index in [1.807, 2.05) is 6.07 Å². The number of nitrogens with zero attached hydrogens (tertiary/aromatic N) is 2. The summed E-state index contributed by atoms with van der Waals surface area (Å²) in [5.74, 6) is 0.684. The number of fused-ring (bicyclic) bond motifs is 1. The second kappa shape index (κ2) is 16.1. The molecule has 0 aliphatic carbocycles. The van der Waals surface area contributed by atoms with E-state index in [9.17, 15) is 9.18 Å². The van der Waals surface area contributed by atoms with Gasteiger partial charge in [-0.3, -0.25) is 10.3 Å². The van der Waals surface area contributed by atoms with Crippen LogP contribution < -0.4 is 20.7 Å².